The zero-order chi connectivity index (χ0) is 27.9. The molecule has 0 aromatic carbocycles. The van der Waals surface area contributed by atoms with E-state index in [1.807, 2.05) is 6.08 Å². The number of hydrogen-bond donors (Lipinski definition) is 0. The van der Waals surface area contributed by atoms with E-state index in [1.165, 1.54) is 6.08 Å². The van der Waals surface area contributed by atoms with Crippen molar-refractivity contribution in [2.24, 2.45) is 22.7 Å². The molecule has 1 rings (SSSR count). The Balaban J connectivity index is 3.85. The molecule has 0 N–H and O–H groups in total. The highest BCUT2D eigenvalue weighted by Gasteiger charge is 2.58. The van der Waals surface area contributed by atoms with Crippen LogP contribution in [-0.4, -0.2) is 50.3 Å². The molecular formula is C29H42O8. The molecule has 2 atom stereocenters. The average molecular weight is 519 g/mol. The van der Waals surface area contributed by atoms with Crippen LogP contribution in [0.2, 0.25) is 0 Å². The van der Waals surface area contributed by atoms with E-state index in [1.54, 1.807) is 52.0 Å². The molecule has 0 bridgehead atoms. The van der Waals surface area contributed by atoms with Crippen LogP contribution in [0.1, 0.15) is 59.8 Å². The van der Waals surface area contributed by atoms with Gasteiger partial charge in [-0.05, 0) is 65.7 Å². The van der Waals surface area contributed by atoms with E-state index in [9.17, 15) is 19.2 Å². The number of ether oxygens (including phenoxy) is 4. The Morgan fingerprint density at radius 1 is 0.784 bits per heavy atom. The first-order valence-electron chi connectivity index (χ1n) is 13.0. The van der Waals surface area contributed by atoms with Gasteiger partial charge >= 0.3 is 23.9 Å². The molecule has 0 saturated heterocycles. The molecular weight excluding hydrogens is 476 g/mol. The quantitative estimate of drug-likeness (QED) is 0.131. The van der Waals surface area contributed by atoms with E-state index >= 15 is 0 Å². The Morgan fingerprint density at radius 3 is 1.70 bits per heavy atom. The Hall–Kier alpha value is -3.16. The van der Waals surface area contributed by atoms with E-state index in [-0.39, 0.29) is 45.7 Å². The number of rotatable bonds is 15. The molecule has 206 valence electrons. The fourth-order valence-corrected chi connectivity index (χ4v) is 4.89. The third kappa shape index (κ3) is 7.21. The fourth-order valence-electron chi connectivity index (χ4n) is 4.89. The lowest BCUT2D eigenvalue weighted by Gasteiger charge is -2.41. The summed E-state index contributed by atoms with van der Waals surface area (Å²) >= 11 is 0. The van der Waals surface area contributed by atoms with Gasteiger partial charge in [-0.15, -0.1) is 13.2 Å². The lowest BCUT2D eigenvalue weighted by atomic mass is 9.61. The van der Waals surface area contributed by atoms with Gasteiger partial charge in [0.15, 0.2) is 10.8 Å². The summed E-state index contributed by atoms with van der Waals surface area (Å²) in [7, 11) is 0. The molecule has 0 aromatic heterocycles. The van der Waals surface area contributed by atoms with Gasteiger partial charge in [0, 0.05) is 5.92 Å². The van der Waals surface area contributed by atoms with Crippen LogP contribution in [0.4, 0.5) is 0 Å². The van der Waals surface area contributed by atoms with Gasteiger partial charge in [0.05, 0.1) is 26.4 Å². The summed E-state index contributed by atoms with van der Waals surface area (Å²) in [4.78, 5) is 54.0. The highest BCUT2D eigenvalue weighted by molar-refractivity contribution is 6.02. The van der Waals surface area contributed by atoms with Crippen LogP contribution in [0.15, 0.2) is 49.6 Å². The zero-order valence-electron chi connectivity index (χ0n) is 22.7. The number of carbonyl (C=O) groups excluding carboxylic acids is 4. The van der Waals surface area contributed by atoms with Crippen molar-refractivity contribution in [2.45, 2.75) is 59.8 Å². The molecule has 0 fully saturated rings. The maximum Gasteiger partial charge on any atom is 0.324 e. The van der Waals surface area contributed by atoms with Crippen molar-refractivity contribution < 1.29 is 38.1 Å². The van der Waals surface area contributed by atoms with E-state index in [0.717, 1.165) is 0 Å². The third-order valence-corrected chi connectivity index (χ3v) is 6.65. The Kier molecular flexibility index (Phi) is 13.6. The summed E-state index contributed by atoms with van der Waals surface area (Å²) in [5, 5.41) is 0. The van der Waals surface area contributed by atoms with E-state index < -0.39 is 46.5 Å². The normalized spacial score (nSPS) is 19.4. The molecule has 0 radical (unpaired) electrons. The Morgan fingerprint density at radius 2 is 1.27 bits per heavy atom. The largest absolute Gasteiger partial charge is 0.465 e. The summed E-state index contributed by atoms with van der Waals surface area (Å²) in [6.45, 7) is 14.4. The molecule has 1 aliphatic rings. The van der Waals surface area contributed by atoms with Gasteiger partial charge in [0.1, 0.15) is 0 Å². The second kappa shape index (κ2) is 15.8. The summed E-state index contributed by atoms with van der Waals surface area (Å²) in [5.41, 5.74) is -3.42. The van der Waals surface area contributed by atoms with Crippen LogP contribution >= 0.6 is 0 Å². The second-order valence-corrected chi connectivity index (χ2v) is 8.73. The zero-order valence-corrected chi connectivity index (χ0v) is 22.7. The maximum absolute atomic E-state index is 13.5. The molecule has 8 nitrogen and oxygen atoms in total. The third-order valence-electron chi connectivity index (χ3n) is 6.65. The second-order valence-electron chi connectivity index (χ2n) is 8.73. The lowest BCUT2D eigenvalue weighted by Crippen LogP contribution is -2.52. The summed E-state index contributed by atoms with van der Waals surface area (Å²) in [5.74, 6) is -4.31. The molecule has 0 spiro atoms. The predicted molar refractivity (Wildman–Crippen MR) is 140 cm³/mol. The molecule has 0 heterocycles. The summed E-state index contributed by atoms with van der Waals surface area (Å²) in [6, 6.07) is 0. The van der Waals surface area contributed by atoms with Crippen LogP contribution in [0.3, 0.4) is 0 Å². The van der Waals surface area contributed by atoms with Gasteiger partial charge in [-0.25, -0.2) is 0 Å². The molecule has 0 aliphatic heterocycles. The van der Waals surface area contributed by atoms with Crippen molar-refractivity contribution in [1.82, 2.24) is 0 Å². The van der Waals surface area contributed by atoms with Crippen LogP contribution < -0.4 is 0 Å². The molecule has 0 saturated carbocycles. The van der Waals surface area contributed by atoms with Crippen molar-refractivity contribution >= 4 is 23.9 Å². The Labute approximate surface area is 220 Å². The minimum Gasteiger partial charge on any atom is -0.465 e. The van der Waals surface area contributed by atoms with Gasteiger partial charge < -0.3 is 18.9 Å². The number of carbonyl (C=O) groups is 4. The highest BCUT2D eigenvalue weighted by Crippen LogP contribution is 2.48. The first-order valence-corrected chi connectivity index (χ1v) is 13.0. The van der Waals surface area contributed by atoms with Crippen molar-refractivity contribution in [1.29, 1.82) is 0 Å². The van der Waals surface area contributed by atoms with Crippen LogP contribution in [0, 0.1) is 22.7 Å². The minimum absolute atomic E-state index is 0.0297. The highest BCUT2D eigenvalue weighted by atomic mass is 16.6. The number of esters is 4. The predicted octanol–water partition coefficient (Wildman–Crippen LogP) is 4.89. The first-order chi connectivity index (χ1) is 17.8. The summed E-state index contributed by atoms with van der Waals surface area (Å²) in [6.07, 6.45) is 11.0. The van der Waals surface area contributed by atoms with Gasteiger partial charge in [0.25, 0.3) is 0 Å². The molecule has 1 aliphatic carbocycles. The topological polar surface area (TPSA) is 105 Å². The van der Waals surface area contributed by atoms with Crippen molar-refractivity contribution in [3.05, 3.63) is 49.6 Å². The molecule has 0 aromatic rings. The molecule has 0 unspecified atom stereocenters. The monoisotopic (exact) mass is 518 g/mol. The van der Waals surface area contributed by atoms with E-state index in [2.05, 4.69) is 13.2 Å². The lowest BCUT2D eigenvalue weighted by molar-refractivity contribution is -0.179. The molecule has 8 heteroatoms. The van der Waals surface area contributed by atoms with Gasteiger partial charge in [-0.1, -0.05) is 36.5 Å². The maximum atomic E-state index is 13.5. The average Bonchev–Trinajstić information content (AvgIpc) is 2.84. The van der Waals surface area contributed by atoms with Crippen molar-refractivity contribution in [2.75, 3.05) is 26.4 Å². The minimum atomic E-state index is -1.71. The number of allylic oxidation sites excluding steroid dienone is 6. The van der Waals surface area contributed by atoms with Crippen molar-refractivity contribution in [3.63, 3.8) is 0 Å². The van der Waals surface area contributed by atoms with E-state index in [4.69, 9.17) is 18.9 Å². The fraction of sp³-hybridized carbons (Fsp3) is 0.586. The number of hydrogen-bond acceptors (Lipinski definition) is 8. The van der Waals surface area contributed by atoms with Gasteiger partial charge in [-0.2, -0.15) is 0 Å². The molecule has 37 heavy (non-hydrogen) atoms. The first kappa shape index (κ1) is 31.9. The van der Waals surface area contributed by atoms with Crippen LogP contribution in [0.25, 0.3) is 0 Å². The summed E-state index contributed by atoms with van der Waals surface area (Å²) < 4.78 is 21.6. The molecule has 0 amide bonds. The SMILES string of the molecule is C=CCCC(C(=O)OCC)(C(=O)OCC)[C@@H]1/C=C\C=C/C[C@H](C(CC=C)(C(=O)OCC)C(=O)OCC)C1. The standard InChI is InChI=1S/C29H42O8/c1-7-13-20-29(26(32)36-11-5,27(33)37-12-6)23-18-16-14-15-17-22(21-23)28(19-8-2,24(30)34-9-3)25(31)35-10-4/h7-8,14-16,18,22-23H,1-2,9-13,17,19-21H2,3-6H3/b15-14-,18-16-/t22-,23+/m0/s1. The van der Waals surface area contributed by atoms with Crippen LogP contribution in [0.5, 0.6) is 0 Å². The van der Waals surface area contributed by atoms with Gasteiger partial charge in [0.2, 0.25) is 0 Å². The van der Waals surface area contributed by atoms with Crippen LogP contribution in [-0.2, 0) is 38.1 Å². The van der Waals surface area contributed by atoms with Gasteiger partial charge in [-0.3, -0.25) is 19.2 Å². The van der Waals surface area contributed by atoms with Crippen molar-refractivity contribution in [3.8, 4) is 0 Å². The van der Waals surface area contributed by atoms with E-state index in [0.29, 0.717) is 12.8 Å². The Bertz CT molecular complexity index is 833. The smallest absolute Gasteiger partial charge is 0.324 e.